The minimum absolute atomic E-state index is 0. The number of rotatable bonds is 4. The third-order valence-electron chi connectivity index (χ3n) is 7.31. The van der Waals surface area contributed by atoms with E-state index in [9.17, 15) is 20.1 Å². The van der Waals surface area contributed by atoms with E-state index in [1.165, 1.54) is 5.57 Å². The molecule has 0 unspecified atom stereocenters. The largest absolute Gasteiger partial charge is 0.508 e. The summed E-state index contributed by atoms with van der Waals surface area (Å²) in [6, 6.07) is 0. The van der Waals surface area contributed by atoms with Gasteiger partial charge < -0.3 is 20.1 Å². The van der Waals surface area contributed by atoms with Crippen molar-refractivity contribution in [2.75, 3.05) is 13.2 Å². The maximum Gasteiger partial charge on any atom is 0.337 e. The second-order valence-corrected chi connectivity index (χ2v) is 8.57. The summed E-state index contributed by atoms with van der Waals surface area (Å²) < 4.78 is 4.89. The number of halogens is 1. The van der Waals surface area contributed by atoms with Gasteiger partial charge in [0.05, 0.1) is 18.3 Å². The van der Waals surface area contributed by atoms with Gasteiger partial charge in [-0.2, -0.15) is 0 Å². The summed E-state index contributed by atoms with van der Waals surface area (Å²) >= 11 is 0. The Kier molecular flexibility index (Phi) is 6.16. The van der Waals surface area contributed by atoms with Crippen molar-refractivity contribution in [2.45, 2.75) is 58.5 Å². The van der Waals surface area contributed by atoms with Gasteiger partial charge in [0.1, 0.15) is 12.4 Å². The molecule has 2 aliphatic carbocycles. The Hall–Kier alpha value is -1.04. The van der Waals surface area contributed by atoms with E-state index in [1.807, 2.05) is 6.92 Å². The third-order valence-corrected chi connectivity index (χ3v) is 7.31. The van der Waals surface area contributed by atoms with Gasteiger partial charge in [0.25, 0.3) is 0 Å². The molecule has 148 valence electrons. The van der Waals surface area contributed by atoms with Crippen LogP contribution in [0, 0.1) is 22.7 Å². The molecular weight excluding hydrogens is 356 g/mol. The van der Waals surface area contributed by atoms with E-state index >= 15 is 0 Å². The number of carbonyl (C=O) groups is 1. The van der Waals surface area contributed by atoms with Gasteiger partial charge >= 0.3 is 5.97 Å². The summed E-state index contributed by atoms with van der Waals surface area (Å²) in [5.74, 6) is 0.0490. The molecule has 3 aliphatic rings. The van der Waals surface area contributed by atoms with Crippen LogP contribution < -0.4 is 0 Å². The third kappa shape index (κ3) is 3.19. The van der Waals surface area contributed by atoms with Gasteiger partial charge in [0.15, 0.2) is 0 Å². The van der Waals surface area contributed by atoms with Crippen LogP contribution in [0.2, 0.25) is 0 Å². The Bertz CT molecular complexity index is 615. The maximum atomic E-state index is 11.8. The van der Waals surface area contributed by atoms with Crippen LogP contribution in [0.4, 0.5) is 0 Å². The number of aliphatic hydroxyl groups is 3. The highest BCUT2D eigenvalue weighted by Crippen LogP contribution is 2.61. The summed E-state index contributed by atoms with van der Waals surface area (Å²) in [7, 11) is 0. The van der Waals surface area contributed by atoms with Crippen molar-refractivity contribution in [2.24, 2.45) is 22.7 Å². The fraction of sp³-hybridized carbons (Fsp3) is 0.750. The summed E-state index contributed by atoms with van der Waals surface area (Å²) in [5.41, 5.74) is 1.01. The Morgan fingerprint density at radius 1 is 1.31 bits per heavy atom. The van der Waals surface area contributed by atoms with Gasteiger partial charge in [-0.25, -0.2) is 4.79 Å². The molecule has 3 N–H and O–H groups in total. The van der Waals surface area contributed by atoms with Crippen LogP contribution in [0.15, 0.2) is 23.5 Å². The van der Waals surface area contributed by atoms with E-state index in [0.29, 0.717) is 18.4 Å². The average Bonchev–Trinajstić information content (AvgIpc) is 2.89. The normalized spacial score (nSPS) is 40.1. The standard InChI is InChI=1S/C20H30O5.ClH/c1-12-4-7-16-19(2,9-8-17(23)20(16,3)11-21)14(12)6-5-13-15(22)10-25-18(13)24;/h14,16-17,21-23H,1,4-11H2,2-3H3;1H/t14-,16+,17-,19+,20+;/m1./s1. The number of allylic oxidation sites excluding steroid dienone is 1. The molecule has 0 aromatic heterocycles. The molecule has 0 radical (unpaired) electrons. The Morgan fingerprint density at radius 2 is 2.00 bits per heavy atom. The lowest BCUT2D eigenvalue weighted by atomic mass is 9.46. The Balaban J connectivity index is 0.00000243. The Morgan fingerprint density at radius 3 is 2.58 bits per heavy atom. The first-order chi connectivity index (χ1) is 11.7. The SMILES string of the molecule is C=C1CC[C@@H]2[C@](C)(CO)[C@H](O)CC[C@@]2(C)[C@@H]1CCC1=C(O)COC1=O.Cl. The average molecular weight is 387 g/mol. The predicted molar refractivity (Wildman–Crippen MR) is 101 cm³/mol. The van der Waals surface area contributed by atoms with E-state index in [-0.39, 0.29) is 48.6 Å². The van der Waals surface area contributed by atoms with Crippen molar-refractivity contribution in [1.29, 1.82) is 0 Å². The van der Waals surface area contributed by atoms with Crippen LogP contribution in [0.5, 0.6) is 0 Å². The molecule has 26 heavy (non-hydrogen) atoms. The van der Waals surface area contributed by atoms with Gasteiger partial charge in [-0.1, -0.05) is 26.0 Å². The summed E-state index contributed by atoms with van der Waals surface area (Å²) in [6.07, 6.45) is 4.09. The van der Waals surface area contributed by atoms with Crippen molar-refractivity contribution in [3.8, 4) is 0 Å². The van der Waals surface area contributed by atoms with Gasteiger partial charge in [0, 0.05) is 5.41 Å². The highest BCUT2D eigenvalue weighted by Gasteiger charge is 2.57. The molecule has 0 aromatic rings. The van der Waals surface area contributed by atoms with Crippen molar-refractivity contribution in [1.82, 2.24) is 0 Å². The monoisotopic (exact) mass is 386 g/mol. The number of aliphatic hydroxyl groups excluding tert-OH is 3. The quantitative estimate of drug-likeness (QED) is 0.509. The number of carbonyl (C=O) groups excluding carboxylic acids is 1. The molecule has 1 heterocycles. The van der Waals surface area contributed by atoms with Crippen LogP contribution in [-0.2, 0) is 9.53 Å². The summed E-state index contributed by atoms with van der Waals surface area (Å²) in [5, 5.41) is 30.4. The highest BCUT2D eigenvalue weighted by molar-refractivity contribution is 5.91. The minimum atomic E-state index is -0.500. The first-order valence-electron chi connectivity index (χ1n) is 9.28. The fourth-order valence-corrected chi connectivity index (χ4v) is 5.69. The molecule has 1 aliphatic heterocycles. The van der Waals surface area contributed by atoms with E-state index in [1.54, 1.807) is 0 Å². The zero-order chi connectivity index (χ0) is 18.4. The zero-order valence-corrected chi connectivity index (χ0v) is 16.5. The van der Waals surface area contributed by atoms with Crippen molar-refractivity contribution >= 4 is 18.4 Å². The molecule has 6 heteroatoms. The first kappa shape index (κ1) is 21.3. The van der Waals surface area contributed by atoms with Gasteiger partial charge in [0.2, 0.25) is 0 Å². The second kappa shape index (κ2) is 7.53. The lowest BCUT2D eigenvalue weighted by Crippen LogP contribution is -2.57. The van der Waals surface area contributed by atoms with Crippen molar-refractivity contribution in [3.05, 3.63) is 23.5 Å². The lowest BCUT2D eigenvalue weighted by Gasteiger charge is -2.60. The molecule has 5 nitrogen and oxygen atoms in total. The zero-order valence-electron chi connectivity index (χ0n) is 15.7. The van der Waals surface area contributed by atoms with Gasteiger partial charge in [-0.3, -0.25) is 0 Å². The topological polar surface area (TPSA) is 87.0 Å². The number of ether oxygens (including phenoxy) is 1. The lowest BCUT2D eigenvalue weighted by molar-refractivity contribution is -0.152. The molecule has 5 atom stereocenters. The number of fused-ring (bicyclic) bond motifs is 1. The molecule has 0 spiro atoms. The van der Waals surface area contributed by atoms with E-state index in [0.717, 1.165) is 25.7 Å². The molecule has 2 fully saturated rings. The van der Waals surface area contributed by atoms with Gasteiger partial charge in [-0.05, 0) is 55.8 Å². The van der Waals surface area contributed by atoms with Crippen LogP contribution in [0.3, 0.4) is 0 Å². The maximum absolute atomic E-state index is 11.8. The molecule has 3 rings (SSSR count). The van der Waals surface area contributed by atoms with Crippen LogP contribution in [0.25, 0.3) is 0 Å². The Labute approximate surface area is 161 Å². The number of hydrogen-bond donors (Lipinski definition) is 3. The van der Waals surface area contributed by atoms with E-state index in [2.05, 4.69) is 13.5 Å². The molecule has 0 saturated heterocycles. The molecular formula is C20H31ClO5. The fourth-order valence-electron chi connectivity index (χ4n) is 5.69. The van der Waals surface area contributed by atoms with Crippen molar-refractivity contribution in [3.63, 3.8) is 0 Å². The molecule has 2 saturated carbocycles. The summed E-state index contributed by atoms with van der Waals surface area (Å²) in [4.78, 5) is 11.8. The summed E-state index contributed by atoms with van der Waals surface area (Å²) in [6.45, 7) is 8.48. The van der Waals surface area contributed by atoms with Crippen LogP contribution >= 0.6 is 12.4 Å². The van der Waals surface area contributed by atoms with E-state index < -0.39 is 17.5 Å². The predicted octanol–water partition coefficient (Wildman–Crippen LogP) is 3.30. The molecule has 0 amide bonds. The van der Waals surface area contributed by atoms with Gasteiger partial charge in [-0.15, -0.1) is 12.4 Å². The smallest absolute Gasteiger partial charge is 0.337 e. The molecule has 0 bridgehead atoms. The number of esters is 1. The van der Waals surface area contributed by atoms with Crippen LogP contribution in [-0.4, -0.2) is 40.6 Å². The highest BCUT2D eigenvalue weighted by atomic mass is 35.5. The van der Waals surface area contributed by atoms with Crippen molar-refractivity contribution < 1.29 is 24.9 Å². The number of hydrogen-bond acceptors (Lipinski definition) is 5. The minimum Gasteiger partial charge on any atom is -0.508 e. The molecule has 0 aromatic carbocycles. The first-order valence-corrected chi connectivity index (χ1v) is 9.28. The van der Waals surface area contributed by atoms with Crippen LogP contribution in [0.1, 0.15) is 52.4 Å². The second-order valence-electron chi connectivity index (χ2n) is 8.57. The van der Waals surface area contributed by atoms with E-state index in [4.69, 9.17) is 4.74 Å². The number of cyclic esters (lactones) is 1.